The molecule has 0 aliphatic heterocycles. The van der Waals surface area contributed by atoms with Crippen LogP contribution in [0, 0.1) is 6.92 Å². The average Bonchev–Trinajstić information content (AvgIpc) is 2.66. The molecule has 0 saturated heterocycles. The van der Waals surface area contributed by atoms with E-state index in [1.807, 2.05) is 31.2 Å². The van der Waals surface area contributed by atoms with Gasteiger partial charge in [-0.2, -0.15) is 5.10 Å². The number of carbonyl (C=O) groups excluding carboxylic acids is 1. The number of ether oxygens (including phenoxy) is 1. The molecule has 2 aromatic carbocycles. The van der Waals surface area contributed by atoms with Crippen LogP contribution < -0.4 is 15.6 Å². The molecule has 0 atom stereocenters. The van der Waals surface area contributed by atoms with Gasteiger partial charge in [-0.25, -0.2) is 4.68 Å². The van der Waals surface area contributed by atoms with Gasteiger partial charge in [0, 0.05) is 0 Å². The van der Waals surface area contributed by atoms with Gasteiger partial charge in [-0.05, 0) is 31.2 Å². The lowest BCUT2D eigenvalue weighted by molar-refractivity contribution is -0.117. The van der Waals surface area contributed by atoms with E-state index in [1.165, 1.54) is 6.20 Å². The summed E-state index contributed by atoms with van der Waals surface area (Å²) in [7, 11) is 0. The van der Waals surface area contributed by atoms with Gasteiger partial charge in [-0.3, -0.25) is 9.59 Å². The third-order valence-corrected chi connectivity index (χ3v) is 4.39. The second-order valence-electron chi connectivity index (χ2n) is 5.73. The molecule has 6 nitrogen and oxygen atoms in total. The summed E-state index contributed by atoms with van der Waals surface area (Å²) in [6.45, 7) is 1.67. The molecule has 1 aromatic heterocycles. The molecule has 0 aliphatic rings. The molecule has 3 rings (SSSR count). The normalized spacial score (nSPS) is 10.5. The highest BCUT2D eigenvalue weighted by molar-refractivity contribution is 6.41. The third-order valence-electron chi connectivity index (χ3n) is 3.65. The monoisotopic (exact) mass is 403 g/mol. The van der Waals surface area contributed by atoms with Crippen LogP contribution >= 0.6 is 23.2 Å². The number of aromatic nitrogens is 2. The Bertz CT molecular complexity index is 1030. The Hall–Kier alpha value is -2.83. The Labute approximate surface area is 165 Å². The number of rotatable bonds is 5. The summed E-state index contributed by atoms with van der Waals surface area (Å²) in [5.41, 5.74) is 0.947. The first-order valence-corrected chi connectivity index (χ1v) is 8.74. The summed E-state index contributed by atoms with van der Waals surface area (Å²) in [6.07, 6.45) is 1.22. The molecule has 0 spiro atoms. The second-order valence-corrected chi connectivity index (χ2v) is 6.51. The van der Waals surface area contributed by atoms with Crippen molar-refractivity contribution in [2.75, 3.05) is 5.32 Å². The van der Waals surface area contributed by atoms with Crippen LogP contribution in [0.4, 0.5) is 5.69 Å². The van der Waals surface area contributed by atoms with E-state index >= 15 is 0 Å². The number of nitrogens with zero attached hydrogens (tertiary/aromatic N) is 2. The molecule has 1 amide bonds. The van der Waals surface area contributed by atoms with Gasteiger partial charge in [0.15, 0.2) is 5.75 Å². The number of halogens is 2. The second kappa shape index (κ2) is 8.24. The molecule has 0 radical (unpaired) electrons. The number of aryl methyl sites for hydroxylation is 1. The maximum Gasteiger partial charge on any atom is 0.287 e. The van der Waals surface area contributed by atoms with Crippen LogP contribution in [0.15, 0.2) is 59.5 Å². The van der Waals surface area contributed by atoms with Crippen molar-refractivity contribution >= 4 is 34.8 Å². The quantitative estimate of drug-likeness (QED) is 0.689. The summed E-state index contributed by atoms with van der Waals surface area (Å²) in [4.78, 5) is 24.3. The number of carbonyl (C=O) groups is 1. The first-order valence-electron chi connectivity index (χ1n) is 7.98. The predicted octanol–water partition coefficient (Wildman–Crippen LogP) is 4.29. The number of nitrogens with one attached hydrogen (secondary N) is 1. The van der Waals surface area contributed by atoms with E-state index in [0.29, 0.717) is 17.2 Å². The van der Waals surface area contributed by atoms with Crippen LogP contribution in [0.3, 0.4) is 0 Å². The van der Waals surface area contributed by atoms with E-state index < -0.39 is 11.5 Å². The van der Waals surface area contributed by atoms with Crippen molar-refractivity contribution in [2.24, 2.45) is 0 Å². The van der Waals surface area contributed by atoms with E-state index in [4.69, 9.17) is 27.9 Å². The lowest BCUT2D eigenvalue weighted by Gasteiger charge is -2.13. The third kappa shape index (κ3) is 4.67. The predicted molar refractivity (Wildman–Crippen MR) is 105 cm³/mol. The van der Waals surface area contributed by atoms with Crippen molar-refractivity contribution in [3.8, 4) is 11.5 Å². The summed E-state index contributed by atoms with van der Waals surface area (Å²) >= 11 is 11.5. The van der Waals surface area contributed by atoms with Gasteiger partial charge in [-0.1, -0.05) is 53.0 Å². The Balaban J connectivity index is 1.76. The molecule has 0 aliphatic carbocycles. The Morgan fingerprint density at radius 2 is 1.85 bits per heavy atom. The van der Waals surface area contributed by atoms with Crippen LogP contribution in [-0.4, -0.2) is 15.7 Å². The average molecular weight is 404 g/mol. The van der Waals surface area contributed by atoms with Gasteiger partial charge in [0.25, 0.3) is 5.56 Å². The maximum atomic E-state index is 12.3. The van der Waals surface area contributed by atoms with Crippen LogP contribution in [-0.2, 0) is 11.3 Å². The zero-order valence-electron chi connectivity index (χ0n) is 14.3. The molecule has 1 N–H and O–H groups in total. The zero-order valence-corrected chi connectivity index (χ0v) is 15.8. The number of para-hydroxylation sites is 2. The number of benzene rings is 2. The Kier molecular flexibility index (Phi) is 5.78. The fraction of sp³-hybridized carbons (Fsp3) is 0.105. The largest absolute Gasteiger partial charge is 0.455 e. The molecule has 0 unspecified atom stereocenters. The first-order chi connectivity index (χ1) is 12.9. The fourth-order valence-corrected chi connectivity index (χ4v) is 2.55. The van der Waals surface area contributed by atoms with Crippen molar-refractivity contribution in [1.29, 1.82) is 0 Å². The smallest absolute Gasteiger partial charge is 0.287 e. The molecular weight excluding hydrogens is 389 g/mol. The van der Waals surface area contributed by atoms with Gasteiger partial charge < -0.3 is 10.1 Å². The highest BCUT2D eigenvalue weighted by Crippen LogP contribution is 2.29. The van der Waals surface area contributed by atoms with Gasteiger partial charge in [0.1, 0.15) is 17.3 Å². The van der Waals surface area contributed by atoms with E-state index in [2.05, 4.69) is 10.4 Å². The molecule has 0 saturated carbocycles. The Morgan fingerprint density at radius 3 is 2.59 bits per heavy atom. The number of amides is 1. The van der Waals surface area contributed by atoms with E-state index in [-0.39, 0.29) is 16.6 Å². The van der Waals surface area contributed by atoms with Gasteiger partial charge >= 0.3 is 0 Å². The zero-order chi connectivity index (χ0) is 19.4. The summed E-state index contributed by atoms with van der Waals surface area (Å²) in [6, 6.07) is 14.5. The molecule has 1 heterocycles. The number of anilines is 1. The van der Waals surface area contributed by atoms with Crippen molar-refractivity contribution in [3.63, 3.8) is 0 Å². The van der Waals surface area contributed by atoms with Gasteiger partial charge in [0.05, 0.1) is 16.9 Å². The molecule has 0 bridgehead atoms. The van der Waals surface area contributed by atoms with Crippen LogP contribution in [0.5, 0.6) is 11.5 Å². The number of hydrogen-bond donors (Lipinski definition) is 1. The first kappa shape index (κ1) is 18.9. The molecule has 0 fully saturated rings. The summed E-state index contributed by atoms with van der Waals surface area (Å²) in [5.74, 6) is 0.664. The van der Waals surface area contributed by atoms with Gasteiger partial charge in [0.2, 0.25) is 5.91 Å². The van der Waals surface area contributed by atoms with Crippen LogP contribution in [0.2, 0.25) is 10.0 Å². The fourth-order valence-electron chi connectivity index (χ4n) is 2.28. The van der Waals surface area contributed by atoms with E-state index in [1.54, 1.807) is 24.3 Å². The minimum Gasteiger partial charge on any atom is -0.455 e. The van der Waals surface area contributed by atoms with Crippen molar-refractivity contribution in [3.05, 3.63) is 80.7 Å². The molecule has 27 heavy (non-hydrogen) atoms. The highest BCUT2D eigenvalue weighted by Gasteiger charge is 2.13. The molecular formula is C19H15Cl2N3O3. The van der Waals surface area contributed by atoms with Crippen molar-refractivity contribution in [2.45, 2.75) is 13.5 Å². The van der Waals surface area contributed by atoms with Crippen LogP contribution in [0.25, 0.3) is 0 Å². The standard InChI is InChI=1S/C19H15Cl2N3O3/c1-12-6-8-13(9-7-12)27-16-5-3-2-4-15(16)23-17(25)11-24-19(26)18(21)14(20)10-22-24/h2-10H,11H2,1H3,(H,23,25). The summed E-state index contributed by atoms with van der Waals surface area (Å²) < 4.78 is 6.77. The molecule has 138 valence electrons. The van der Waals surface area contributed by atoms with Gasteiger partial charge in [-0.15, -0.1) is 0 Å². The molecule has 8 heteroatoms. The summed E-state index contributed by atoms with van der Waals surface area (Å²) in [5, 5.41) is 6.39. The minimum atomic E-state index is -0.636. The lowest BCUT2D eigenvalue weighted by Crippen LogP contribution is -2.29. The minimum absolute atomic E-state index is 0.0372. The number of hydrogen-bond acceptors (Lipinski definition) is 4. The Morgan fingerprint density at radius 1 is 1.15 bits per heavy atom. The van der Waals surface area contributed by atoms with Crippen molar-refractivity contribution in [1.82, 2.24) is 9.78 Å². The van der Waals surface area contributed by atoms with Crippen molar-refractivity contribution < 1.29 is 9.53 Å². The SMILES string of the molecule is Cc1ccc(Oc2ccccc2NC(=O)Cn2ncc(Cl)c(Cl)c2=O)cc1. The van der Waals surface area contributed by atoms with Crippen LogP contribution in [0.1, 0.15) is 5.56 Å². The lowest BCUT2D eigenvalue weighted by atomic mass is 10.2. The maximum absolute atomic E-state index is 12.3. The van der Waals surface area contributed by atoms with E-state index in [9.17, 15) is 9.59 Å². The molecule has 3 aromatic rings. The van der Waals surface area contributed by atoms with E-state index in [0.717, 1.165) is 10.2 Å². The highest BCUT2D eigenvalue weighted by atomic mass is 35.5. The topological polar surface area (TPSA) is 73.2 Å².